The van der Waals surface area contributed by atoms with Crippen molar-refractivity contribution in [3.05, 3.63) is 44.7 Å². The van der Waals surface area contributed by atoms with E-state index in [1.54, 1.807) is 11.1 Å². The van der Waals surface area contributed by atoms with Crippen LogP contribution >= 0.6 is 0 Å². The average molecular weight is 343 g/mol. The minimum atomic E-state index is -0.170. The van der Waals surface area contributed by atoms with Crippen LogP contribution in [0.3, 0.4) is 0 Å². The molecule has 1 amide bonds. The van der Waals surface area contributed by atoms with Crippen LogP contribution in [0.25, 0.3) is 0 Å². The van der Waals surface area contributed by atoms with E-state index in [2.05, 4.69) is 34.1 Å². The molecule has 4 rings (SSSR count). The highest BCUT2D eigenvalue weighted by Crippen LogP contribution is 2.26. The molecule has 1 N–H and O–H groups in total. The van der Waals surface area contributed by atoms with Gasteiger partial charge in [-0.25, -0.2) is 5.10 Å². The Balaban J connectivity index is 1.59. The van der Waals surface area contributed by atoms with Gasteiger partial charge in [0.1, 0.15) is 5.76 Å². The van der Waals surface area contributed by atoms with Gasteiger partial charge < -0.3 is 9.42 Å². The maximum absolute atomic E-state index is 13.0. The lowest BCUT2D eigenvalue weighted by Gasteiger charge is -2.30. The third kappa shape index (κ3) is 2.76. The first-order chi connectivity index (χ1) is 12.0. The molecule has 4 heterocycles. The van der Waals surface area contributed by atoms with Gasteiger partial charge in [0.15, 0.2) is 5.69 Å². The predicted molar refractivity (Wildman–Crippen MR) is 89.1 cm³/mol. The Kier molecular flexibility index (Phi) is 3.91. The van der Waals surface area contributed by atoms with Gasteiger partial charge in [-0.3, -0.25) is 14.5 Å². The predicted octanol–water partition coefficient (Wildman–Crippen LogP) is 0.723. The van der Waals surface area contributed by atoms with E-state index in [1.807, 2.05) is 0 Å². The van der Waals surface area contributed by atoms with Crippen LogP contribution in [0.2, 0.25) is 0 Å². The zero-order chi connectivity index (χ0) is 17.6. The minimum absolute atomic E-state index is 0.137. The standard InChI is InChI=1S/C17H21N5O3/c1-10(2)21-6-4-14-13(9-21)15(20-25-14)17(24)22-5-3-12-11(8-22)7-18-19-16(12)23/h7,10H,3-6,8-9H2,1-2H3,(H,19,23). The van der Waals surface area contributed by atoms with E-state index in [4.69, 9.17) is 4.52 Å². The Labute approximate surface area is 144 Å². The van der Waals surface area contributed by atoms with Crippen molar-refractivity contribution in [3.63, 3.8) is 0 Å². The van der Waals surface area contributed by atoms with E-state index >= 15 is 0 Å². The van der Waals surface area contributed by atoms with E-state index < -0.39 is 0 Å². The van der Waals surface area contributed by atoms with E-state index in [1.165, 1.54) is 0 Å². The summed E-state index contributed by atoms with van der Waals surface area (Å²) >= 11 is 0. The fourth-order valence-electron chi connectivity index (χ4n) is 3.56. The first-order valence-corrected chi connectivity index (χ1v) is 8.60. The molecule has 0 spiro atoms. The van der Waals surface area contributed by atoms with Crippen LogP contribution in [0.5, 0.6) is 0 Å². The van der Waals surface area contributed by atoms with Crippen LogP contribution in [-0.2, 0) is 25.9 Å². The van der Waals surface area contributed by atoms with Gasteiger partial charge in [-0.15, -0.1) is 0 Å². The molecule has 0 atom stereocenters. The number of nitrogens with zero attached hydrogens (tertiary/aromatic N) is 4. The largest absolute Gasteiger partial charge is 0.360 e. The first kappa shape index (κ1) is 16.0. The Bertz CT molecular complexity index is 869. The molecule has 0 radical (unpaired) electrons. The number of rotatable bonds is 2. The number of aromatic nitrogens is 3. The van der Waals surface area contributed by atoms with Gasteiger partial charge in [-0.2, -0.15) is 5.10 Å². The summed E-state index contributed by atoms with van der Waals surface area (Å²) in [6, 6.07) is 0.408. The van der Waals surface area contributed by atoms with Gasteiger partial charge >= 0.3 is 0 Å². The second-order valence-electron chi connectivity index (χ2n) is 6.93. The maximum atomic E-state index is 13.0. The molecule has 2 aromatic heterocycles. The van der Waals surface area contributed by atoms with Crippen molar-refractivity contribution in [3.8, 4) is 0 Å². The fourth-order valence-corrected chi connectivity index (χ4v) is 3.56. The van der Waals surface area contributed by atoms with Crippen molar-refractivity contribution < 1.29 is 9.32 Å². The van der Waals surface area contributed by atoms with Crippen LogP contribution in [0.4, 0.5) is 0 Å². The number of aromatic amines is 1. The molecule has 2 aromatic rings. The highest BCUT2D eigenvalue weighted by Gasteiger charge is 2.32. The topological polar surface area (TPSA) is 95.3 Å². The molecule has 0 bridgehead atoms. The average Bonchev–Trinajstić information content (AvgIpc) is 3.04. The molecule has 0 saturated heterocycles. The highest BCUT2D eigenvalue weighted by atomic mass is 16.5. The third-order valence-corrected chi connectivity index (χ3v) is 5.12. The zero-order valence-electron chi connectivity index (χ0n) is 14.4. The molecule has 2 aliphatic rings. The summed E-state index contributed by atoms with van der Waals surface area (Å²) in [6.45, 7) is 6.76. The quantitative estimate of drug-likeness (QED) is 0.863. The van der Waals surface area contributed by atoms with Crippen LogP contribution < -0.4 is 5.56 Å². The molecular weight excluding hydrogens is 322 g/mol. The van der Waals surface area contributed by atoms with Crippen molar-refractivity contribution >= 4 is 5.91 Å². The normalized spacial score (nSPS) is 17.5. The summed E-state index contributed by atoms with van der Waals surface area (Å²) in [5, 5.41) is 10.3. The SMILES string of the molecule is CC(C)N1CCc2onc(C(=O)N3CCc4c(cn[nH]c4=O)C3)c2C1. The van der Waals surface area contributed by atoms with Crippen LogP contribution in [0, 0.1) is 0 Å². The Morgan fingerprint density at radius 2 is 2.08 bits per heavy atom. The third-order valence-electron chi connectivity index (χ3n) is 5.12. The molecule has 0 unspecified atom stereocenters. The molecule has 8 nitrogen and oxygen atoms in total. The Morgan fingerprint density at radius 3 is 2.88 bits per heavy atom. The Hall–Kier alpha value is -2.48. The van der Waals surface area contributed by atoms with Gasteiger partial charge in [0.25, 0.3) is 11.5 Å². The lowest BCUT2D eigenvalue weighted by atomic mass is 10.0. The van der Waals surface area contributed by atoms with Crippen LogP contribution in [0.1, 0.15) is 46.8 Å². The van der Waals surface area contributed by atoms with Gasteiger partial charge in [-0.05, 0) is 20.3 Å². The monoisotopic (exact) mass is 343 g/mol. The lowest BCUT2D eigenvalue weighted by molar-refractivity contribution is 0.0721. The van der Waals surface area contributed by atoms with E-state index in [0.29, 0.717) is 43.4 Å². The van der Waals surface area contributed by atoms with Crippen molar-refractivity contribution in [1.82, 2.24) is 25.2 Å². The number of H-pyrrole nitrogens is 1. The Morgan fingerprint density at radius 1 is 1.24 bits per heavy atom. The van der Waals surface area contributed by atoms with Gasteiger partial charge in [0.2, 0.25) is 0 Å². The fraction of sp³-hybridized carbons (Fsp3) is 0.529. The minimum Gasteiger partial charge on any atom is -0.360 e. The number of nitrogens with one attached hydrogen (secondary N) is 1. The summed E-state index contributed by atoms with van der Waals surface area (Å²) in [4.78, 5) is 28.8. The summed E-state index contributed by atoms with van der Waals surface area (Å²) in [5.41, 5.74) is 2.65. The number of carbonyl (C=O) groups is 1. The van der Waals surface area contributed by atoms with Crippen molar-refractivity contribution in [2.75, 3.05) is 13.1 Å². The summed E-state index contributed by atoms with van der Waals surface area (Å²) < 4.78 is 5.42. The van der Waals surface area contributed by atoms with Crippen molar-refractivity contribution in [1.29, 1.82) is 0 Å². The number of fused-ring (bicyclic) bond motifs is 2. The molecule has 0 saturated carbocycles. The molecule has 25 heavy (non-hydrogen) atoms. The number of amides is 1. The van der Waals surface area contributed by atoms with Gasteiger partial charge in [0.05, 0.1) is 6.20 Å². The van der Waals surface area contributed by atoms with Crippen LogP contribution in [-0.4, -0.2) is 50.2 Å². The van der Waals surface area contributed by atoms with Crippen molar-refractivity contribution in [2.24, 2.45) is 0 Å². The first-order valence-electron chi connectivity index (χ1n) is 8.60. The molecule has 0 fully saturated rings. The summed E-state index contributed by atoms with van der Waals surface area (Å²) in [7, 11) is 0. The van der Waals surface area contributed by atoms with Crippen molar-refractivity contribution in [2.45, 2.75) is 45.8 Å². The van der Waals surface area contributed by atoms with E-state index in [-0.39, 0.29) is 11.5 Å². The second-order valence-corrected chi connectivity index (χ2v) is 6.93. The smallest absolute Gasteiger partial charge is 0.276 e. The molecule has 0 aliphatic carbocycles. The molecule has 0 aromatic carbocycles. The number of hydrogen-bond acceptors (Lipinski definition) is 6. The van der Waals surface area contributed by atoms with Gasteiger partial charge in [-0.1, -0.05) is 5.16 Å². The zero-order valence-corrected chi connectivity index (χ0v) is 14.4. The molecule has 8 heteroatoms. The number of hydrogen-bond donors (Lipinski definition) is 1. The molecule has 132 valence electrons. The van der Waals surface area contributed by atoms with Gasteiger partial charge in [0, 0.05) is 55.3 Å². The van der Waals surface area contributed by atoms with Crippen LogP contribution in [0.15, 0.2) is 15.5 Å². The highest BCUT2D eigenvalue weighted by molar-refractivity contribution is 5.94. The van der Waals surface area contributed by atoms with E-state index in [9.17, 15) is 9.59 Å². The summed E-state index contributed by atoms with van der Waals surface area (Å²) in [6.07, 6.45) is 2.92. The second kappa shape index (κ2) is 6.11. The maximum Gasteiger partial charge on any atom is 0.276 e. The molecular formula is C17H21N5O3. The van der Waals surface area contributed by atoms with E-state index in [0.717, 1.165) is 29.9 Å². The molecule has 2 aliphatic heterocycles. The number of carbonyl (C=O) groups excluding carboxylic acids is 1. The summed E-state index contributed by atoms with van der Waals surface area (Å²) in [5.74, 6) is 0.678. The lowest BCUT2D eigenvalue weighted by Crippen LogP contribution is -2.40.